The zero-order chi connectivity index (χ0) is 12.2. The normalized spacial score (nSPS) is 11.4. The van der Waals surface area contributed by atoms with Gasteiger partial charge in [0.15, 0.2) is 0 Å². The average molecular weight is 268 g/mol. The monoisotopic (exact) mass is 267 g/mol. The summed E-state index contributed by atoms with van der Waals surface area (Å²) >= 11 is 5.65. The highest BCUT2D eigenvalue weighted by Gasteiger charge is 2.12. The van der Waals surface area contributed by atoms with Gasteiger partial charge in [0.2, 0.25) is 10.0 Å². The zero-order valence-electron chi connectivity index (χ0n) is 8.28. The predicted octanol–water partition coefficient (Wildman–Crippen LogP) is 1.60. The first-order chi connectivity index (χ1) is 7.44. The summed E-state index contributed by atoms with van der Waals surface area (Å²) in [6.45, 7) is -0.210. The Morgan fingerprint density at radius 3 is 2.69 bits per heavy atom. The van der Waals surface area contributed by atoms with Gasteiger partial charge in [-0.1, -0.05) is 11.6 Å². The van der Waals surface area contributed by atoms with Gasteiger partial charge in [-0.05, 0) is 24.6 Å². The fourth-order valence-electron chi connectivity index (χ4n) is 1.05. The third kappa shape index (κ3) is 3.96. The second-order valence-electron chi connectivity index (χ2n) is 3.12. The summed E-state index contributed by atoms with van der Waals surface area (Å²) in [4.78, 5) is 0. The van der Waals surface area contributed by atoms with Gasteiger partial charge in [0.25, 0.3) is 0 Å². The van der Waals surface area contributed by atoms with Crippen LogP contribution in [0.2, 0.25) is 5.02 Å². The minimum Gasteiger partial charge on any atom is -0.396 e. The number of hydrogen-bond acceptors (Lipinski definition) is 3. The molecule has 1 rings (SSSR count). The largest absolute Gasteiger partial charge is 0.396 e. The molecule has 0 bridgehead atoms. The molecule has 0 radical (unpaired) electrons. The molecule has 4 nitrogen and oxygen atoms in total. The second kappa shape index (κ2) is 5.47. The van der Waals surface area contributed by atoms with E-state index >= 15 is 0 Å². The topological polar surface area (TPSA) is 66.4 Å². The Bertz CT molecular complexity index is 464. The molecule has 0 saturated carbocycles. The number of aliphatic hydroxyl groups is 1. The highest BCUT2D eigenvalue weighted by molar-refractivity contribution is 7.92. The van der Waals surface area contributed by atoms with Gasteiger partial charge >= 0.3 is 0 Å². The Morgan fingerprint density at radius 1 is 1.44 bits per heavy atom. The van der Waals surface area contributed by atoms with Crippen LogP contribution in [0.4, 0.5) is 10.1 Å². The number of aliphatic hydroxyl groups excluding tert-OH is 1. The number of benzene rings is 1. The fraction of sp³-hybridized carbons (Fsp3) is 0.333. The molecule has 0 aliphatic carbocycles. The quantitative estimate of drug-likeness (QED) is 0.852. The van der Waals surface area contributed by atoms with E-state index in [2.05, 4.69) is 4.72 Å². The van der Waals surface area contributed by atoms with Crippen molar-refractivity contribution in [3.8, 4) is 0 Å². The molecule has 2 N–H and O–H groups in total. The van der Waals surface area contributed by atoms with E-state index < -0.39 is 15.8 Å². The van der Waals surface area contributed by atoms with Crippen LogP contribution in [0.5, 0.6) is 0 Å². The van der Waals surface area contributed by atoms with Crippen molar-refractivity contribution < 1.29 is 17.9 Å². The number of rotatable bonds is 5. The molecule has 16 heavy (non-hydrogen) atoms. The van der Waals surface area contributed by atoms with Crippen molar-refractivity contribution >= 4 is 27.3 Å². The summed E-state index contributed by atoms with van der Waals surface area (Å²) in [5.74, 6) is -0.750. The summed E-state index contributed by atoms with van der Waals surface area (Å²) in [5, 5.41) is 8.51. The molecule has 0 amide bonds. The third-order valence-electron chi connectivity index (χ3n) is 1.77. The Morgan fingerprint density at radius 2 is 2.12 bits per heavy atom. The van der Waals surface area contributed by atoms with E-state index in [1.165, 1.54) is 6.07 Å². The van der Waals surface area contributed by atoms with Gasteiger partial charge in [-0.25, -0.2) is 12.8 Å². The Labute approximate surface area is 98.1 Å². The number of halogens is 2. The van der Waals surface area contributed by atoms with E-state index in [1.807, 2.05) is 0 Å². The standard InChI is InChI=1S/C9H11ClFNO3S/c10-8-6-7(11)2-3-9(8)12-16(14,15)5-1-4-13/h2-3,6,12-13H,1,4-5H2. The van der Waals surface area contributed by atoms with Gasteiger partial charge in [-0.2, -0.15) is 0 Å². The van der Waals surface area contributed by atoms with Crippen molar-refractivity contribution in [2.24, 2.45) is 0 Å². The van der Waals surface area contributed by atoms with E-state index in [0.717, 1.165) is 12.1 Å². The maximum atomic E-state index is 12.7. The van der Waals surface area contributed by atoms with E-state index in [4.69, 9.17) is 16.7 Å². The van der Waals surface area contributed by atoms with E-state index in [9.17, 15) is 12.8 Å². The first kappa shape index (κ1) is 13.2. The SMILES string of the molecule is O=S(=O)(CCCO)Nc1ccc(F)cc1Cl. The molecular formula is C9H11ClFNO3S. The van der Waals surface area contributed by atoms with Crippen LogP contribution in [-0.2, 0) is 10.0 Å². The van der Waals surface area contributed by atoms with Crippen molar-refractivity contribution in [3.63, 3.8) is 0 Å². The minimum absolute atomic E-state index is 0.00688. The highest BCUT2D eigenvalue weighted by atomic mass is 35.5. The molecule has 7 heteroatoms. The van der Waals surface area contributed by atoms with Crippen LogP contribution < -0.4 is 4.72 Å². The molecule has 1 aromatic rings. The number of hydrogen-bond donors (Lipinski definition) is 2. The summed E-state index contributed by atoms with van der Waals surface area (Å²) < 4.78 is 37.7. The summed E-state index contributed by atoms with van der Waals surface area (Å²) in [6, 6.07) is 3.37. The van der Waals surface area contributed by atoms with Gasteiger partial charge in [-0.15, -0.1) is 0 Å². The molecule has 0 heterocycles. The third-order valence-corrected chi connectivity index (χ3v) is 3.44. The lowest BCUT2D eigenvalue weighted by molar-refractivity contribution is 0.295. The average Bonchev–Trinajstić information content (AvgIpc) is 2.19. The zero-order valence-corrected chi connectivity index (χ0v) is 9.85. The molecule has 0 spiro atoms. The first-order valence-corrected chi connectivity index (χ1v) is 6.54. The smallest absolute Gasteiger partial charge is 0.232 e. The Hall–Kier alpha value is -0.850. The first-order valence-electron chi connectivity index (χ1n) is 4.51. The number of nitrogens with one attached hydrogen (secondary N) is 1. The molecule has 0 unspecified atom stereocenters. The summed E-state index contributed by atoms with van der Waals surface area (Å²) in [5.41, 5.74) is 0.126. The molecule has 0 aliphatic rings. The van der Waals surface area contributed by atoms with E-state index in [0.29, 0.717) is 0 Å². The van der Waals surface area contributed by atoms with Crippen molar-refractivity contribution in [2.75, 3.05) is 17.1 Å². The van der Waals surface area contributed by atoms with Crippen LogP contribution >= 0.6 is 11.6 Å². The summed E-state index contributed by atoms with van der Waals surface area (Å²) in [7, 11) is -3.55. The maximum absolute atomic E-state index is 12.7. The van der Waals surface area contributed by atoms with Crippen LogP contribution in [0, 0.1) is 5.82 Å². The van der Waals surface area contributed by atoms with Gasteiger partial charge < -0.3 is 5.11 Å². The lowest BCUT2D eigenvalue weighted by Crippen LogP contribution is -2.17. The molecule has 0 aromatic heterocycles. The van der Waals surface area contributed by atoms with Gasteiger partial charge in [-0.3, -0.25) is 4.72 Å². The van der Waals surface area contributed by atoms with Crippen LogP contribution in [0.1, 0.15) is 6.42 Å². The van der Waals surface area contributed by atoms with Crippen molar-refractivity contribution in [1.29, 1.82) is 0 Å². The van der Waals surface area contributed by atoms with Gasteiger partial charge in [0, 0.05) is 6.61 Å². The van der Waals surface area contributed by atoms with Crippen molar-refractivity contribution in [2.45, 2.75) is 6.42 Å². The molecular weight excluding hydrogens is 257 g/mol. The molecule has 0 fully saturated rings. The van der Waals surface area contributed by atoms with Gasteiger partial charge in [0.05, 0.1) is 16.5 Å². The van der Waals surface area contributed by atoms with Crippen molar-refractivity contribution in [3.05, 3.63) is 29.0 Å². The Balaban J connectivity index is 2.80. The summed E-state index contributed by atoms with van der Waals surface area (Å²) in [6.07, 6.45) is 0.133. The molecule has 1 aromatic carbocycles. The molecule has 0 saturated heterocycles. The van der Waals surface area contributed by atoms with E-state index in [-0.39, 0.29) is 29.5 Å². The maximum Gasteiger partial charge on any atom is 0.232 e. The lowest BCUT2D eigenvalue weighted by atomic mass is 10.3. The second-order valence-corrected chi connectivity index (χ2v) is 5.37. The predicted molar refractivity (Wildman–Crippen MR) is 60.5 cm³/mol. The molecule has 90 valence electrons. The minimum atomic E-state index is -3.55. The van der Waals surface area contributed by atoms with Crippen molar-refractivity contribution in [1.82, 2.24) is 0 Å². The van der Waals surface area contributed by atoms with Crippen LogP contribution in [0.3, 0.4) is 0 Å². The number of anilines is 1. The lowest BCUT2D eigenvalue weighted by Gasteiger charge is -2.08. The van der Waals surface area contributed by atoms with Crippen LogP contribution in [0.15, 0.2) is 18.2 Å². The van der Waals surface area contributed by atoms with E-state index in [1.54, 1.807) is 0 Å². The molecule has 0 atom stereocenters. The van der Waals surface area contributed by atoms with Gasteiger partial charge in [0.1, 0.15) is 5.82 Å². The Kier molecular flexibility index (Phi) is 4.52. The van der Waals surface area contributed by atoms with Crippen LogP contribution in [-0.4, -0.2) is 25.9 Å². The van der Waals surface area contributed by atoms with Crippen LogP contribution in [0.25, 0.3) is 0 Å². The fourth-order valence-corrected chi connectivity index (χ4v) is 2.44. The number of sulfonamides is 1. The molecule has 0 aliphatic heterocycles. The highest BCUT2D eigenvalue weighted by Crippen LogP contribution is 2.23.